The zero-order valence-corrected chi connectivity index (χ0v) is 23.2. The number of azo groups is 1. The van der Waals surface area contributed by atoms with Gasteiger partial charge in [0.25, 0.3) is 0 Å². The third-order valence-electron chi connectivity index (χ3n) is 5.84. The number of hydrogen-bond acceptors (Lipinski definition) is 8. The number of hydrogen-bond donors (Lipinski definition) is 0. The lowest BCUT2D eigenvalue weighted by molar-refractivity contribution is -0.435. The van der Waals surface area contributed by atoms with E-state index in [1.54, 1.807) is 0 Å². The van der Waals surface area contributed by atoms with Gasteiger partial charge in [-0.3, -0.25) is 0 Å². The van der Waals surface area contributed by atoms with Crippen LogP contribution in [0.2, 0.25) is 10.0 Å². The summed E-state index contributed by atoms with van der Waals surface area (Å²) in [6.07, 6.45) is 0. The number of nitrogens with zero attached hydrogens (tertiary/aromatic N) is 4. The van der Waals surface area contributed by atoms with E-state index in [1.807, 2.05) is 27.7 Å². The summed E-state index contributed by atoms with van der Waals surface area (Å²) in [5, 5.41) is 16.7. The van der Waals surface area contributed by atoms with Gasteiger partial charge in [0.2, 0.25) is 5.69 Å². The summed E-state index contributed by atoms with van der Waals surface area (Å²) in [6.45, 7) is 13.3. The molecule has 0 N–H and O–H groups in total. The van der Waals surface area contributed by atoms with Crippen molar-refractivity contribution >= 4 is 46.5 Å². The Bertz CT molecular complexity index is 1090. The van der Waals surface area contributed by atoms with Crippen molar-refractivity contribution in [1.82, 2.24) is 9.80 Å². The quantitative estimate of drug-likeness (QED) is 0.124. The molecule has 0 unspecified atom stereocenters. The highest BCUT2D eigenvalue weighted by atomic mass is 35.5. The molecule has 2 aromatic carbocycles. The van der Waals surface area contributed by atoms with Gasteiger partial charge in [0.1, 0.15) is 18.9 Å². The van der Waals surface area contributed by atoms with E-state index in [4.69, 9.17) is 32.7 Å². The van der Waals surface area contributed by atoms with Gasteiger partial charge in [0, 0.05) is 30.3 Å². The first-order chi connectivity index (χ1) is 17.7. The molecule has 0 bridgehead atoms. The second kappa shape index (κ2) is 15.5. The Labute approximate surface area is 228 Å². The zero-order valence-electron chi connectivity index (χ0n) is 21.7. The lowest BCUT2D eigenvalue weighted by atomic mass is 10.2. The van der Waals surface area contributed by atoms with Crippen molar-refractivity contribution in [1.29, 1.82) is 0 Å². The highest BCUT2D eigenvalue weighted by molar-refractivity contribution is 6.34. The van der Waals surface area contributed by atoms with Gasteiger partial charge in [0.15, 0.2) is 0 Å². The van der Waals surface area contributed by atoms with Crippen LogP contribution in [-0.2, 0) is 9.47 Å². The molecule has 2 aromatic rings. The number of ether oxygens (including phenoxy) is 2. The minimum absolute atomic E-state index is 0.0715. The lowest BCUT2D eigenvalue weighted by Gasteiger charge is -2.17. The maximum atomic E-state index is 12.6. The van der Waals surface area contributed by atoms with E-state index in [9.17, 15) is 14.8 Å². The third kappa shape index (κ3) is 9.27. The first kappa shape index (κ1) is 30.5. The molecule has 0 aliphatic rings. The van der Waals surface area contributed by atoms with Gasteiger partial charge in [-0.25, -0.2) is 9.59 Å². The smallest absolute Gasteiger partial charge is 0.339 e. The standard InChI is InChI=1S/C26H34Cl2N4O5/c1-5-30(6-2)13-15-36-25(33)21-11-9-19(17-23(21)27)29-32(35)20-10-12-22(24(28)18-20)26(34)37-16-14-31(7-3)8-4/h9-12,17-18H,5-8,13-16H2,1-4H3. The Morgan fingerprint density at radius 2 is 1.27 bits per heavy atom. The van der Waals surface area contributed by atoms with Crippen LogP contribution < -0.4 is 0 Å². The van der Waals surface area contributed by atoms with Gasteiger partial charge in [-0.1, -0.05) is 55.8 Å². The average molecular weight is 553 g/mol. The number of likely N-dealkylation sites (N-methyl/N-ethyl adjacent to an activating group) is 2. The van der Waals surface area contributed by atoms with E-state index in [1.165, 1.54) is 36.4 Å². The molecule has 0 radical (unpaired) electrons. The zero-order chi connectivity index (χ0) is 27.4. The predicted octanol–water partition coefficient (Wildman–Crippen LogP) is 5.92. The Balaban J connectivity index is 2.04. The van der Waals surface area contributed by atoms with Crippen LogP contribution in [0.15, 0.2) is 41.5 Å². The summed E-state index contributed by atoms with van der Waals surface area (Å²) in [4.78, 5) is 29.3. The molecule has 0 fully saturated rings. The summed E-state index contributed by atoms with van der Waals surface area (Å²) in [5.74, 6) is -1.11. The number of benzene rings is 2. The molecule has 2 rings (SSSR count). The minimum Gasteiger partial charge on any atom is -0.594 e. The first-order valence-corrected chi connectivity index (χ1v) is 13.1. The van der Waals surface area contributed by atoms with E-state index in [2.05, 4.69) is 14.9 Å². The summed E-state index contributed by atoms with van der Waals surface area (Å²) in [6, 6.07) is 8.52. The average Bonchev–Trinajstić information content (AvgIpc) is 2.88. The molecule has 0 heterocycles. The molecule has 9 nitrogen and oxygen atoms in total. The number of esters is 2. The SMILES string of the molecule is CCN(CC)CCOC(=O)c1ccc(N=[N+]([O-])c2ccc(C(=O)OCCN(CC)CC)c(Cl)c2)cc1Cl. The molecule has 0 aliphatic carbocycles. The van der Waals surface area contributed by atoms with Crippen molar-refractivity contribution in [2.24, 2.45) is 5.11 Å². The van der Waals surface area contributed by atoms with Crippen LogP contribution in [0.1, 0.15) is 48.4 Å². The summed E-state index contributed by atoms with van der Waals surface area (Å²) >= 11 is 12.5. The van der Waals surface area contributed by atoms with Crippen molar-refractivity contribution in [2.75, 3.05) is 52.5 Å². The number of carbonyl (C=O) groups excluding carboxylic acids is 2. The topological polar surface area (TPSA) is 97.5 Å². The van der Waals surface area contributed by atoms with E-state index in [0.717, 1.165) is 26.2 Å². The number of carbonyl (C=O) groups is 2. The van der Waals surface area contributed by atoms with Crippen molar-refractivity contribution in [3.63, 3.8) is 0 Å². The van der Waals surface area contributed by atoms with E-state index in [0.29, 0.717) is 18.0 Å². The molecular formula is C26H34Cl2N4O5. The molecule has 202 valence electrons. The van der Waals surface area contributed by atoms with E-state index < -0.39 is 11.9 Å². The Kier molecular flexibility index (Phi) is 12.8. The number of halogens is 2. The fourth-order valence-electron chi connectivity index (χ4n) is 3.45. The van der Waals surface area contributed by atoms with Crippen LogP contribution in [-0.4, -0.2) is 79.1 Å². The largest absolute Gasteiger partial charge is 0.594 e. The second-order valence-corrected chi connectivity index (χ2v) is 8.84. The second-order valence-electron chi connectivity index (χ2n) is 8.03. The van der Waals surface area contributed by atoms with Gasteiger partial charge in [-0.15, -0.1) is 0 Å². The van der Waals surface area contributed by atoms with Crippen molar-refractivity contribution in [2.45, 2.75) is 27.7 Å². The lowest BCUT2D eigenvalue weighted by Crippen LogP contribution is -2.27. The van der Waals surface area contributed by atoms with Gasteiger partial charge < -0.3 is 24.5 Å². The highest BCUT2D eigenvalue weighted by Crippen LogP contribution is 2.27. The van der Waals surface area contributed by atoms with Crippen molar-refractivity contribution in [3.05, 3.63) is 62.8 Å². The fourth-order valence-corrected chi connectivity index (χ4v) is 3.96. The molecule has 37 heavy (non-hydrogen) atoms. The van der Waals surface area contributed by atoms with Crippen LogP contribution in [0.4, 0.5) is 11.4 Å². The Morgan fingerprint density at radius 1 is 0.811 bits per heavy atom. The molecule has 0 aliphatic heterocycles. The Morgan fingerprint density at radius 3 is 1.70 bits per heavy atom. The van der Waals surface area contributed by atoms with Crippen molar-refractivity contribution in [3.8, 4) is 0 Å². The fraction of sp³-hybridized carbons (Fsp3) is 0.462. The molecule has 0 aromatic heterocycles. The number of rotatable bonds is 14. The van der Waals surface area contributed by atoms with Gasteiger partial charge in [-0.2, -0.15) is 0 Å². The van der Waals surface area contributed by atoms with Crippen LogP contribution >= 0.6 is 23.2 Å². The van der Waals surface area contributed by atoms with E-state index in [-0.39, 0.29) is 45.8 Å². The van der Waals surface area contributed by atoms with Gasteiger partial charge >= 0.3 is 11.9 Å². The third-order valence-corrected chi connectivity index (χ3v) is 6.47. The van der Waals surface area contributed by atoms with Crippen LogP contribution in [0.25, 0.3) is 0 Å². The molecule has 0 amide bonds. The molecule has 0 spiro atoms. The van der Waals surface area contributed by atoms with E-state index >= 15 is 0 Å². The van der Waals surface area contributed by atoms with Gasteiger partial charge in [0.05, 0.1) is 21.2 Å². The normalized spacial score (nSPS) is 11.7. The van der Waals surface area contributed by atoms with Gasteiger partial charge in [-0.05, 0) is 50.4 Å². The maximum Gasteiger partial charge on any atom is 0.339 e. The minimum atomic E-state index is -0.565. The monoisotopic (exact) mass is 552 g/mol. The molecule has 0 saturated carbocycles. The summed E-state index contributed by atoms with van der Waals surface area (Å²) < 4.78 is 10.6. The van der Waals surface area contributed by atoms with Crippen LogP contribution in [0.5, 0.6) is 0 Å². The van der Waals surface area contributed by atoms with Crippen LogP contribution in [0.3, 0.4) is 0 Å². The molecule has 0 saturated heterocycles. The van der Waals surface area contributed by atoms with Crippen molar-refractivity contribution < 1.29 is 23.9 Å². The molecule has 0 atom stereocenters. The predicted molar refractivity (Wildman–Crippen MR) is 144 cm³/mol. The molecular weight excluding hydrogens is 519 g/mol. The first-order valence-electron chi connectivity index (χ1n) is 12.3. The van der Waals surface area contributed by atoms with Crippen LogP contribution in [0, 0.1) is 5.21 Å². The summed E-state index contributed by atoms with van der Waals surface area (Å²) in [5.41, 5.74) is 0.686. The Hall–Kier alpha value is -2.72. The molecule has 11 heteroatoms. The summed E-state index contributed by atoms with van der Waals surface area (Å²) in [7, 11) is 0. The highest BCUT2D eigenvalue weighted by Gasteiger charge is 2.17. The maximum absolute atomic E-state index is 12.6.